The molecule has 1 amide bonds. The summed E-state index contributed by atoms with van der Waals surface area (Å²) < 4.78 is 1.58. The average molecular weight is 277 g/mol. The second kappa shape index (κ2) is 5.10. The molecule has 100 valence electrons. The van der Waals surface area contributed by atoms with E-state index < -0.39 is 0 Å². The highest BCUT2D eigenvalue weighted by Gasteiger charge is 2.20. The van der Waals surface area contributed by atoms with Crippen LogP contribution in [-0.2, 0) is 24.2 Å². The van der Waals surface area contributed by atoms with Crippen molar-refractivity contribution in [1.82, 2.24) is 14.8 Å². The summed E-state index contributed by atoms with van der Waals surface area (Å²) in [4.78, 5) is 17.5. The molecule has 0 radical (unpaired) electrons. The normalized spacial score (nSPS) is 18.1. The molecule has 0 bridgehead atoms. The first-order chi connectivity index (χ1) is 9.20. The lowest BCUT2D eigenvalue weighted by atomic mass is 9.99. The van der Waals surface area contributed by atoms with E-state index in [9.17, 15) is 4.79 Å². The zero-order chi connectivity index (χ0) is 13.2. The van der Waals surface area contributed by atoms with Gasteiger partial charge in [-0.25, -0.2) is 4.98 Å². The molecule has 0 aliphatic heterocycles. The SMILES string of the molecule is N[C@H]1CCc2nc(NC(=O)Cn3cccn3)sc2C1. The van der Waals surface area contributed by atoms with Crippen molar-refractivity contribution in [1.29, 1.82) is 0 Å². The molecule has 19 heavy (non-hydrogen) atoms. The summed E-state index contributed by atoms with van der Waals surface area (Å²) in [7, 11) is 0. The summed E-state index contributed by atoms with van der Waals surface area (Å²) in [6.07, 6.45) is 6.14. The van der Waals surface area contributed by atoms with Gasteiger partial charge in [0, 0.05) is 23.3 Å². The minimum absolute atomic E-state index is 0.112. The van der Waals surface area contributed by atoms with Gasteiger partial charge in [-0.3, -0.25) is 9.48 Å². The Morgan fingerprint density at radius 3 is 3.32 bits per heavy atom. The van der Waals surface area contributed by atoms with Crippen LogP contribution in [0.1, 0.15) is 17.0 Å². The van der Waals surface area contributed by atoms with E-state index in [2.05, 4.69) is 15.4 Å². The van der Waals surface area contributed by atoms with Crippen molar-refractivity contribution in [3.8, 4) is 0 Å². The summed E-state index contributed by atoms with van der Waals surface area (Å²) in [6.45, 7) is 0.205. The number of amides is 1. The van der Waals surface area contributed by atoms with Crippen molar-refractivity contribution >= 4 is 22.4 Å². The van der Waals surface area contributed by atoms with Crippen LogP contribution in [0.25, 0.3) is 0 Å². The highest BCUT2D eigenvalue weighted by molar-refractivity contribution is 7.15. The highest BCUT2D eigenvalue weighted by atomic mass is 32.1. The summed E-state index contributed by atoms with van der Waals surface area (Å²) in [5, 5.41) is 7.48. The van der Waals surface area contributed by atoms with Crippen LogP contribution >= 0.6 is 11.3 Å². The molecule has 1 atom stereocenters. The minimum Gasteiger partial charge on any atom is -0.327 e. The lowest BCUT2D eigenvalue weighted by Gasteiger charge is -2.15. The van der Waals surface area contributed by atoms with Crippen molar-refractivity contribution < 1.29 is 4.79 Å². The van der Waals surface area contributed by atoms with E-state index in [0.29, 0.717) is 5.13 Å². The topological polar surface area (TPSA) is 85.8 Å². The monoisotopic (exact) mass is 277 g/mol. The molecule has 0 spiro atoms. The van der Waals surface area contributed by atoms with Crippen LogP contribution in [0, 0.1) is 0 Å². The average Bonchev–Trinajstić information content (AvgIpc) is 2.97. The van der Waals surface area contributed by atoms with Crippen LogP contribution in [0.2, 0.25) is 0 Å². The molecule has 0 fully saturated rings. The van der Waals surface area contributed by atoms with Gasteiger partial charge in [0.25, 0.3) is 0 Å². The van der Waals surface area contributed by atoms with Crippen LogP contribution < -0.4 is 11.1 Å². The first kappa shape index (κ1) is 12.3. The number of rotatable bonds is 3. The molecule has 1 aliphatic rings. The fourth-order valence-corrected chi connectivity index (χ4v) is 3.27. The molecule has 3 N–H and O–H groups in total. The predicted octanol–water partition coefficient (Wildman–Crippen LogP) is 0.794. The van der Waals surface area contributed by atoms with E-state index in [1.54, 1.807) is 23.1 Å². The molecule has 3 rings (SSSR count). The third-order valence-corrected chi connectivity index (χ3v) is 4.12. The van der Waals surface area contributed by atoms with E-state index in [4.69, 9.17) is 5.73 Å². The quantitative estimate of drug-likeness (QED) is 0.868. The van der Waals surface area contributed by atoms with E-state index in [0.717, 1.165) is 25.0 Å². The summed E-state index contributed by atoms with van der Waals surface area (Å²) in [6, 6.07) is 2.01. The maximum absolute atomic E-state index is 11.8. The molecule has 0 aromatic carbocycles. The number of carbonyl (C=O) groups is 1. The second-order valence-electron chi connectivity index (χ2n) is 4.64. The Hall–Kier alpha value is -1.73. The molecule has 6 nitrogen and oxygen atoms in total. The Morgan fingerprint density at radius 1 is 1.63 bits per heavy atom. The number of thiazole rings is 1. The van der Waals surface area contributed by atoms with Crippen molar-refractivity contribution in [3.63, 3.8) is 0 Å². The number of carbonyl (C=O) groups excluding carboxylic acids is 1. The fraction of sp³-hybridized carbons (Fsp3) is 0.417. The number of hydrogen-bond donors (Lipinski definition) is 2. The zero-order valence-corrected chi connectivity index (χ0v) is 11.2. The minimum atomic E-state index is -0.112. The van der Waals surface area contributed by atoms with Crippen LogP contribution in [0.4, 0.5) is 5.13 Å². The lowest BCUT2D eigenvalue weighted by Crippen LogP contribution is -2.27. The number of anilines is 1. The second-order valence-corrected chi connectivity index (χ2v) is 5.73. The van der Waals surface area contributed by atoms with Gasteiger partial charge in [-0.2, -0.15) is 5.10 Å². The summed E-state index contributed by atoms with van der Waals surface area (Å²) in [5.41, 5.74) is 7.01. The number of hydrogen-bond acceptors (Lipinski definition) is 5. The molecule has 0 unspecified atom stereocenters. The van der Waals surface area contributed by atoms with Crippen molar-refractivity contribution in [3.05, 3.63) is 29.0 Å². The van der Waals surface area contributed by atoms with Gasteiger partial charge in [-0.05, 0) is 25.3 Å². The largest absolute Gasteiger partial charge is 0.327 e. The molecule has 0 saturated carbocycles. The zero-order valence-electron chi connectivity index (χ0n) is 10.4. The highest BCUT2D eigenvalue weighted by Crippen LogP contribution is 2.29. The van der Waals surface area contributed by atoms with E-state index in [1.807, 2.05) is 0 Å². The van der Waals surface area contributed by atoms with E-state index >= 15 is 0 Å². The Labute approximate surface area is 114 Å². The van der Waals surface area contributed by atoms with Gasteiger partial charge in [0.15, 0.2) is 5.13 Å². The van der Waals surface area contributed by atoms with Gasteiger partial charge in [-0.1, -0.05) is 0 Å². The number of aryl methyl sites for hydroxylation is 1. The van der Waals surface area contributed by atoms with Gasteiger partial charge in [0.05, 0.1) is 5.69 Å². The third kappa shape index (κ3) is 2.82. The molecule has 2 aromatic heterocycles. The molecule has 2 aromatic rings. The van der Waals surface area contributed by atoms with Crippen molar-refractivity contribution in [2.24, 2.45) is 5.73 Å². The Kier molecular flexibility index (Phi) is 3.31. The summed E-state index contributed by atoms with van der Waals surface area (Å²) >= 11 is 1.53. The van der Waals surface area contributed by atoms with Crippen LogP contribution in [0.15, 0.2) is 18.5 Å². The number of nitrogens with two attached hydrogens (primary N) is 1. The Bertz CT molecular complexity index is 577. The molecular weight excluding hydrogens is 262 g/mol. The van der Waals surface area contributed by atoms with Gasteiger partial charge < -0.3 is 11.1 Å². The van der Waals surface area contributed by atoms with Crippen molar-refractivity contribution in [2.75, 3.05) is 5.32 Å². The first-order valence-electron chi connectivity index (χ1n) is 6.22. The van der Waals surface area contributed by atoms with Gasteiger partial charge in [0.1, 0.15) is 6.54 Å². The number of fused-ring (bicyclic) bond motifs is 1. The molecule has 0 saturated heterocycles. The van der Waals surface area contributed by atoms with E-state index in [-0.39, 0.29) is 18.5 Å². The Morgan fingerprint density at radius 2 is 2.53 bits per heavy atom. The molecule has 1 aliphatic carbocycles. The maximum atomic E-state index is 11.8. The number of aromatic nitrogens is 3. The summed E-state index contributed by atoms with van der Waals surface area (Å²) in [5.74, 6) is -0.112. The maximum Gasteiger partial charge on any atom is 0.247 e. The van der Waals surface area contributed by atoms with Gasteiger partial charge >= 0.3 is 0 Å². The smallest absolute Gasteiger partial charge is 0.247 e. The Balaban J connectivity index is 1.65. The fourth-order valence-electron chi connectivity index (χ4n) is 2.15. The van der Waals surface area contributed by atoms with E-state index in [1.165, 1.54) is 16.2 Å². The molecule has 7 heteroatoms. The van der Waals surface area contributed by atoms with Gasteiger partial charge in [-0.15, -0.1) is 11.3 Å². The predicted molar refractivity (Wildman–Crippen MR) is 73.0 cm³/mol. The first-order valence-corrected chi connectivity index (χ1v) is 7.04. The van der Waals surface area contributed by atoms with Crippen LogP contribution in [0.3, 0.4) is 0 Å². The molecular formula is C12H15N5OS. The van der Waals surface area contributed by atoms with Crippen LogP contribution in [-0.4, -0.2) is 26.7 Å². The number of nitrogens with one attached hydrogen (secondary N) is 1. The molecule has 2 heterocycles. The third-order valence-electron chi connectivity index (χ3n) is 3.09. The lowest BCUT2D eigenvalue weighted by molar-refractivity contribution is -0.116. The van der Waals surface area contributed by atoms with Crippen LogP contribution in [0.5, 0.6) is 0 Å². The number of nitrogens with zero attached hydrogens (tertiary/aromatic N) is 3. The standard InChI is InChI=1S/C12H15N5OS/c13-8-2-3-9-10(6-8)19-12(15-9)16-11(18)7-17-5-1-4-14-17/h1,4-5,8H,2-3,6-7,13H2,(H,15,16,18)/t8-/m0/s1. The van der Waals surface area contributed by atoms with Gasteiger partial charge in [0.2, 0.25) is 5.91 Å². The van der Waals surface area contributed by atoms with Crippen molar-refractivity contribution in [2.45, 2.75) is 31.8 Å².